The molecule has 0 saturated heterocycles. The number of hydrogen-bond donors (Lipinski definition) is 2. The number of aromatic amines is 2. The number of hydrogen-bond acceptors (Lipinski definition) is 6. The van der Waals surface area contributed by atoms with Crippen LogP contribution in [0, 0.1) is 6.92 Å². The molecule has 0 spiro atoms. The zero-order chi connectivity index (χ0) is 21.3. The highest BCUT2D eigenvalue weighted by atomic mass is 16.5. The fourth-order valence-electron chi connectivity index (χ4n) is 3.09. The molecule has 4 aromatic rings. The Balaban J connectivity index is 1.65. The normalized spacial score (nSPS) is 10.8. The Morgan fingerprint density at radius 2 is 1.80 bits per heavy atom. The average Bonchev–Trinajstić information content (AvgIpc) is 2.71. The summed E-state index contributed by atoms with van der Waals surface area (Å²) in [6.45, 7) is 1.43. The predicted octanol–water partition coefficient (Wildman–Crippen LogP) is 1.43. The van der Waals surface area contributed by atoms with Crippen molar-refractivity contribution in [1.29, 1.82) is 0 Å². The van der Waals surface area contributed by atoms with Gasteiger partial charge in [-0.3, -0.25) is 9.59 Å². The number of aryl methyl sites for hydroxylation is 1. The van der Waals surface area contributed by atoms with E-state index in [4.69, 9.17) is 4.74 Å². The van der Waals surface area contributed by atoms with Crippen LogP contribution in [-0.4, -0.2) is 25.5 Å². The van der Waals surface area contributed by atoms with E-state index in [-0.39, 0.29) is 28.6 Å². The van der Waals surface area contributed by atoms with Gasteiger partial charge in [-0.1, -0.05) is 18.2 Å². The van der Waals surface area contributed by atoms with Crippen LogP contribution in [0.5, 0.6) is 0 Å². The van der Waals surface area contributed by atoms with Gasteiger partial charge in [0.2, 0.25) is 0 Å². The molecule has 0 fully saturated rings. The molecule has 2 aromatic heterocycles. The molecular weight excluding hydrogens is 388 g/mol. The van der Waals surface area contributed by atoms with Crippen LogP contribution in [0.2, 0.25) is 0 Å². The van der Waals surface area contributed by atoms with Crippen LogP contribution in [0.15, 0.2) is 69.0 Å². The van der Waals surface area contributed by atoms with Crippen molar-refractivity contribution in [2.24, 2.45) is 0 Å². The number of fused-ring (bicyclic) bond motifs is 1. The highest BCUT2D eigenvalue weighted by Crippen LogP contribution is 2.12. The summed E-state index contributed by atoms with van der Waals surface area (Å²) in [6, 6.07) is 14.1. The maximum absolute atomic E-state index is 12.8. The molecule has 0 unspecified atom stereocenters. The van der Waals surface area contributed by atoms with E-state index in [0.717, 1.165) is 4.57 Å². The smallest absolute Gasteiger partial charge is 0.338 e. The van der Waals surface area contributed by atoms with Crippen molar-refractivity contribution in [2.45, 2.75) is 13.5 Å². The number of benzene rings is 2. The molecule has 4 rings (SSSR count). The highest BCUT2D eigenvalue weighted by molar-refractivity contribution is 5.94. The van der Waals surface area contributed by atoms with Crippen molar-refractivity contribution in [3.63, 3.8) is 0 Å². The molecule has 0 aliphatic heterocycles. The van der Waals surface area contributed by atoms with Crippen LogP contribution in [-0.2, 0) is 11.3 Å². The molecule has 2 N–H and O–H groups in total. The van der Waals surface area contributed by atoms with Crippen LogP contribution in [0.1, 0.15) is 21.9 Å². The lowest BCUT2D eigenvalue weighted by Crippen LogP contribution is -2.33. The number of rotatable bonds is 4. The summed E-state index contributed by atoms with van der Waals surface area (Å²) in [7, 11) is 0. The molecule has 0 aliphatic carbocycles. The minimum Gasteiger partial charge on any atom is -0.456 e. The minimum atomic E-state index is -0.676. The average molecular weight is 404 g/mol. The fraction of sp³-hybridized carbons (Fsp3) is 0.0952. The Hall–Kier alpha value is -4.27. The molecule has 0 aliphatic rings. The van der Waals surface area contributed by atoms with Crippen molar-refractivity contribution in [3.05, 3.63) is 103 Å². The summed E-state index contributed by atoms with van der Waals surface area (Å²) in [4.78, 5) is 58.3. The number of ether oxygens (including phenoxy) is 1. The molecule has 0 bridgehead atoms. The van der Waals surface area contributed by atoms with E-state index in [1.54, 1.807) is 37.3 Å². The number of nitrogens with one attached hydrogen (secondary N) is 2. The van der Waals surface area contributed by atoms with Crippen molar-refractivity contribution in [2.75, 3.05) is 0 Å². The largest absolute Gasteiger partial charge is 0.456 e. The van der Waals surface area contributed by atoms with Crippen LogP contribution in [0.3, 0.4) is 0 Å². The first-order valence-electron chi connectivity index (χ1n) is 9.01. The summed E-state index contributed by atoms with van der Waals surface area (Å²) >= 11 is 0. The molecule has 30 heavy (non-hydrogen) atoms. The third-order valence-corrected chi connectivity index (χ3v) is 4.41. The van der Waals surface area contributed by atoms with E-state index >= 15 is 0 Å². The molecule has 9 nitrogen and oxygen atoms in total. The molecule has 2 aromatic carbocycles. The lowest BCUT2D eigenvalue weighted by Gasteiger charge is -2.08. The van der Waals surface area contributed by atoms with E-state index in [0.29, 0.717) is 17.2 Å². The molecule has 0 atom stereocenters. The number of H-pyrrole nitrogens is 2. The minimum absolute atomic E-state index is 0.150. The second-order valence-corrected chi connectivity index (χ2v) is 6.56. The number of carbonyl (C=O) groups is 1. The maximum Gasteiger partial charge on any atom is 0.338 e. The standard InChI is InChI=1S/C21H16N4O5/c1-12-22-14(10-18(26)23-12)11-30-20(28)13-7-8-16-17(9-13)24-21(29)25(19(16)27)15-5-3-2-4-6-15/h2-10H,11H2,1H3,(H,24,29)(H,22,23,26). The summed E-state index contributed by atoms with van der Waals surface area (Å²) in [5.74, 6) is -0.267. The Morgan fingerprint density at radius 3 is 2.53 bits per heavy atom. The fourth-order valence-corrected chi connectivity index (χ4v) is 3.09. The summed E-state index contributed by atoms with van der Waals surface area (Å²) in [6.07, 6.45) is 0. The monoisotopic (exact) mass is 404 g/mol. The van der Waals surface area contributed by atoms with E-state index < -0.39 is 17.2 Å². The van der Waals surface area contributed by atoms with Gasteiger partial charge in [0.25, 0.3) is 11.1 Å². The van der Waals surface area contributed by atoms with Gasteiger partial charge in [-0.15, -0.1) is 0 Å². The summed E-state index contributed by atoms with van der Waals surface area (Å²) in [5.41, 5.74) is -0.338. The molecule has 0 amide bonds. The van der Waals surface area contributed by atoms with Gasteiger partial charge in [-0.25, -0.2) is 19.1 Å². The van der Waals surface area contributed by atoms with Gasteiger partial charge in [0, 0.05) is 6.07 Å². The van der Waals surface area contributed by atoms with Crippen LogP contribution >= 0.6 is 0 Å². The third kappa shape index (κ3) is 3.68. The molecule has 2 heterocycles. The van der Waals surface area contributed by atoms with Gasteiger partial charge in [0.1, 0.15) is 12.4 Å². The summed E-state index contributed by atoms with van der Waals surface area (Å²) in [5, 5.41) is 0.252. The first kappa shape index (κ1) is 19.1. The van der Waals surface area contributed by atoms with Crippen molar-refractivity contribution in [1.82, 2.24) is 19.5 Å². The quantitative estimate of drug-likeness (QED) is 0.496. The number of para-hydroxylation sites is 1. The Bertz CT molecular complexity index is 1430. The predicted molar refractivity (Wildman–Crippen MR) is 109 cm³/mol. The van der Waals surface area contributed by atoms with E-state index in [2.05, 4.69) is 15.0 Å². The van der Waals surface area contributed by atoms with Gasteiger partial charge in [-0.2, -0.15) is 0 Å². The van der Waals surface area contributed by atoms with E-state index in [1.807, 2.05) is 0 Å². The lowest BCUT2D eigenvalue weighted by molar-refractivity contribution is 0.0467. The van der Waals surface area contributed by atoms with Gasteiger partial charge in [0.05, 0.1) is 27.8 Å². The second-order valence-electron chi connectivity index (χ2n) is 6.56. The first-order chi connectivity index (χ1) is 14.4. The lowest BCUT2D eigenvalue weighted by atomic mass is 10.1. The van der Waals surface area contributed by atoms with Crippen LogP contribution in [0.4, 0.5) is 0 Å². The second kappa shape index (κ2) is 7.63. The van der Waals surface area contributed by atoms with Crippen molar-refractivity contribution < 1.29 is 9.53 Å². The number of carbonyl (C=O) groups excluding carboxylic acids is 1. The Kier molecular flexibility index (Phi) is 4.85. The molecule has 150 valence electrons. The zero-order valence-corrected chi connectivity index (χ0v) is 15.8. The van der Waals surface area contributed by atoms with E-state index in [9.17, 15) is 19.2 Å². The highest BCUT2D eigenvalue weighted by Gasteiger charge is 2.14. The van der Waals surface area contributed by atoms with Crippen molar-refractivity contribution >= 4 is 16.9 Å². The molecule has 0 radical (unpaired) electrons. The zero-order valence-electron chi connectivity index (χ0n) is 15.8. The molecule has 0 saturated carbocycles. The van der Waals surface area contributed by atoms with Crippen LogP contribution < -0.4 is 16.8 Å². The first-order valence-corrected chi connectivity index (χ1v) is 9.01. The van der Waals surface area contributed by atoms with Crippen LogP contribution in [0.25, 0.3) is 16.6 Å². The molecule has 9 heteroatoms. The van der Waals surface area contributed by atoms with Gasteiger partial charge in [-0.05, 0) is 37.3 Å². The van der Waals surface area contributed by atoms with Crippen molar-refractivity contribution in [3.8, 4) is 5.69 Å². The Morgan fingerprint density at radius 1 is 1.03 bits per heavy atom. The van der Waals surface area contributed by atoms with Gasteiger partial charge >= 0.3 is 11.7 Å². The Labute approximate surface area is 168 Å². The number of esters is 1. The maximum atomic E-state index is 12.8. The summed E-state index contributed by atoms with van der Waals surface area (Å²) < 4.78 is 6.23. The van der Waals surface area contributed by atoms with E-state index in [1.165, 1.54) is 24.3 Å². The number of aromatic nitrogens is 4. The topological polar surface area (TPSA) is 127 Å². The molecular formula is C21H16N4O5. The van der Waals surface area contributed by atoms with Gasteiger partial charge in [0.15, 0.2) is 0 Å². The number of nitrogens with zero attached hydrogens (tertiary/aromatic N) is 2. The third-order valence-electron chi connectivity index (χ3n) is 4.41. The SMILES string of the molecule is Cc1nc(COC(=O)c2ccc3c(=O)n(-c4ccccc4)c(=O)[nH]c3c2)cc(=O)[nH]1. The van der Waals surface area contributed by atoms with Gasteiger partial charge < -0.3 is 14.7 Å².